The number of carbonyl (C=O) groups is 2. The highest BCUT2D eigenvalue weighted by molar-refractivity contribution is 5.81. The number of hydrogen-bond acceptors (Lipinski definition) is 4. The van der Waals surface area contributed by atoms with E-state index in [1.165, 1.54) is 25.7 Å². The molecule has 0 bridgehead atoms. The summed E-state index contributed by atoms with van der Waals surface area (Å²) in [5.74, 6) is 1.12. The quantitative estimate of drug-likeness (QED) is 0.631. The minimum absolute atomic E-state index is 0.0995. The Kier molecular flexibility index (Phi) is 6.53. The van der Waals surface area contributed by atoms with E-state index < -0.39 is 0 Å². The summed E-state index contributed by atoms with van der Waals surface area (Å²) in [6.07, 6.45) is 8.38. The van der Waals surface area contributed by atoms with Crippen molar-refractivity contribution in [2.45, 2.75) is 64.0 Å². The molecule has 2 aliphatic rings. The fourth-order valence-corrected chi connectivity index (χ4v) is 3.65. The standard InChI is InChI=1S/C21H29NO4/c1-25-19-11-6-17(7-12-19)14-22(18-9-10-18)20(23)15-26-21(24)13-8-16-4-2-3-5-16/h6-7,11-12,16,18H,2-5,8-10,13-15H2,1H3. The van der Waals surface area contributed by atoms with Crippen LogP contribution in [0.1, 0.15) is 56.9 Å². The van der Waals surface area contributed by atoms with E-state index in [0.717, 1.165) is 30.6 Å². The molecule has 1 aromatic carbocycles. The molecule has 5 nitrogen and oxygen atoms in total. The molecule has 2 fully saturated rings. The normalized spacial score (nSPS) is 17.1. The van der Waals surface area contributed by atoms with E-state index in [0.29, 0.717) is 18.9 Å². The minimum Gasteiger partial charge on any atom is -0.497 e. The summed E-state index contributed by atoms with van der Waals surface area (Å²) in [7, 11) is 1.64. The molecular formula is C21H29NO4. The summed E-state index contributed by atoms with van der Waals surface area (Å²) in [6.45, 7) is 0.406. The van der Waals surface area contributed by atoms with Gasteiger partial charge in [0.1, 0.15) is 5.75 Å². The summed E-state index contributed by atoms with van der Waals surface area (Å²) >= 11 is 0. The van der Waals surface area contributed by atoms with Crippen LogP contribution in [-0.4, -0.2) is 36.5 Å². The van der Waals surface area contributed by atoms with Crippen molar-refractivity contribution >= 4 is 11.9 Å². The van der Waals surface area contributed by atoms with Crippen molar-refractivity contribution in [2.24, 2.45) is 5.92 Å². The first kappa shape index (κ1) is 18.7. The summed E-state index contributed by atoms with van der Waals surface area (Å²) < 4.78 is 10.4. The Morgan fingerprint density at radius 3 is 2.38 bits per heavy atom. The van der Waals surface area contributed by atoms with Gasteiger partial charge in [-0.2, -0.15) is 0 Å². The average molecular weight is 359 g/mol. The Bertz CT molecular complexity index is 603. The number of amides is 1. The van der Waals surface area contributed by atoms with E-state index in [-0.39, 0.29) is 24.5 Å². The molecule has 2 saturated carbocycles. The molecule has 0 aliphatic heterocycles. The van der Waals surface area contributed by atoms with Crippen LogP contribution in [0.3, 0.4) is 0 Å². The SMILES string of the molecule is COc1ccc(CN(C(=O)COC(=O)CCC2CCCC2)C2CC2)cc1. The highest BCUT2D eigenvalue weighted by Crippen LogP contribution is 2.30. The van der Waals surface area contributed by atoms with Crippen LogP contribution in [0.5, 0.6) is 5.75 Å². The molecule has 0 spiro atoms. The van der Waals surface area contributed by atoms with Crippen molar-refractivity contribution in [1.82, 2.24) is 4.90 Å². The van der Waals surface area contributed by atoms with Gasteiger partial charge < -0.3 is 14.4 Å². The molecule has 1 amide bonds. The molecule has 0 unspecified atom stereocenters. The van der Waals surface area contributed by atoms with Gasteiger partial charge in [0.25, 0.3) is 5.91 Å². The van der Waals surface area contributed by atoms with Crippen LogP contribution in [0, 0.1) is 5.92 Å². The molecule has 1 aromatic rings. The molecule has 3 rings (SSSR count). The van der Waals surface area contributed by atoms with Crippen molar-refractivity contribution in [1.29, 1.82) is 0 Å². The van der Waals surface area contributed by atoms with Crippen LogP contribution in [0.15, 0.2) is 24.3 Å². The van der Waals surface area contributed by atoms with Gasteiger partial charge >= 0.3 is 5.97 Å². The summed E-state index contributed by atoms with van der Waals surface area (Å²) in [4.78, 5) is 26.3. The highest BCUT2D eigenvalue weighted by Gasteiger charge is 2.33. The lowest BCUT2D eigenvalue weighted by atomic mass is 10.0. The predicted molar refractivity (Wildman–Crippen MR) is 98.7 cm³/mol. The smallest absolute Gasteiger partial charge is 0.306 e. The zero-order valence-electron chi connectivity index (χ0n) is 15.6. The van der Waals surface area contributed by atoms with Crippen molar-refractivity contribution in [3.8, 4) is 5.75 Å². The van der Waals surface area contributed by atoms with Crippen LogP contribution in [0.25, 0.3) is 0 Å². The van der Waals surface area contributed by atoms with Gasteiger partial charge in [-0.15, -0.1) is 0 Å². The first-order valence-corrected chi connectivity index (χ1v) is 9.73. The first-order chi connectivity index (χ1) is 12.7. The third kappa shape index (κ3) is 5.48. The van der Waals surface area contributed by atoms with Gasteiger partial charge in [-0.1, -0.05) is 37.8 Å². The molecule has 0 N–H and O–H groups in total. The third-order valence-electron chi connectivity index (χ3n) is 5.41. The molecule has 5 heteroatoms. The topological polar surface area (TPSA) is 55.8 Å². The van der Waals surface area contributed by atoms with Gasteiger partial charge in [-0.05, 0) is 42.9 Å². The van der Waals surface area contributed by atoms with E-state index >= 15 is 0 Å². The van der Waals surface area contributed by atoms with E-state index in [1.54, 1.807) is 7.11 Å². The van der Waals surface area contributed by atoms with Crippen molar-refractivity contribution < 1.29 is 19.1 Å². The van der Waals surface area contributed by atoms with E-state index in [1.807, 2.05) is 29.2 Å². The Hall–Kier alpha value is -2.04. The van der Waals surface area contributed by atoms with E-state index in [9.17, 15) is 9.59 Å². The van der Waals surface area contributed by atoms with Crippen molar-refractivity contribution in [2.75, 3.05) is 13.7 Å². The second-order valence-corrected chi connectivity index (χ2v) is 7.45. The number of hydrogen-bond donors (Lipinski definition) is 0. The molecule has 142 valence electrons. The van der Waals surface area contributed by atoms with Crippen molar-refractivity contribution in [3.63, 3.8) is 0 Å². The molecule has 0 saturated heterocycles. The second kappa shape index (κ2) is 9.06. The Morgan fingerprint density at radius 1 is 1.08 bits per heavy atom. The van der Waals surface area contributed by atoms with Gasteiger partial charge in [0.2, 0.25) is 0 Å². The second-order valence-electron chi connectivity index (χ2n) is 7.45. The first-order valence-electron chi connectivity index (χ1n) is 9.73. The summed E-state index contributed by atoms with van der Waals surface area (Å²) in [5.41, 5.74) is 1.05. The number of rotatable bonds is 9. The van der Waals surface area contributed by atoms with Gasteiger partial charge in [-0.25, -0.2) is 0 Å². The molecule has 0 atom stereocenters. The number of ether oxygens (including phenoxy) is 2. The van der Waals surface area contributed by atoms with E-state index in [4.69, 9.17) is 9.47 Å². The molecular weight excluding hydrogens is 330 g/mol. The van der Waals surface area contributed by atoms with Gasteiger partial charge in [0.05, 0.1) is 7.11 Å². The fraction of sp³-hybridized carbons (Fsp3) is 0.619. The highest BCUT2D eigenvalue weighted by atomic mass is 16.5. The number of esters is 1. The Morgan fingerprint density at radius 2 is 1.77 bits per heavy atom. The maximum atomic E-state index is 12.5. The monoisotopic (exact) mass is 359 g/mol. The molecule has 26 heavy (non-hydrogen) atoms. The lowest BCUT2D eigenvalue weighted by molar-refractivity contribution is -0.152. The minimum atomic E-state index is -0.245. The van der Waals surface area contributed by atoms with Crippen molar-refractivity contribution in [3.05, 3.63) is 29.8 Å². The third-order valence-corrected chi connectivity index (χ3v) is 5.41. The number of methoxy groups -OCH3 is 1. The number of benzene rings is 1. The van der Waals surface area contributed by atoms with Crippen LogP contribution in [0.4, 0.5) is 0 Å². The molecule has 0 aromatic heterocycles. The fourth-order valence-electron chi connectivity index (χ4n) is 3.65. The predicted octanol–water partition coefficient (Wildman–Crippen LogP) is 3.70. The van der Waals surface area contributed by atoms with Gasteiger partial charge in [0.15, 0.2) is 6.61 Å². The average Bonchev–Trinajstić information content (AvgIpc) is 3.37. The molecule has 2 aliphatic carbocycles. The summed E-state index contributed by atoms with van der Waals surface area (Å²) in [5, 5.41) is 0. The van der Waals surface area contributed by atoms with Crippen LogP contribution < -0.4 is 4.74 Å². The number of nitrogens with zero attached hydrogens (tertiary/aromatic N) is 1. The zero-order chi connectivity index (χ0) is 18.4. The summed E-state index contributed by atoms with van der Waals surface area (Å²) in [6, 6.07) is 8.01. The molecule has 0 radical (unpaired) electrons. The zero-order valence-corrected chi connectivity index (χ0v) is 15.6. The lowest BCUT2D eigenvalue weighted by Gasteiger charge is -2.22. The van der Waals surface area contributed by atoms with E-state index in [2.05, 4.69) is 0 Å². The van der Waals surface area contributed by atoms with Crippen LogP contribution in [-0.2, 0) is 20.9 Å². The maximum absolute atomic E-state index is 12.5. The van der Waals surface area contributed by atoms with Gasteiger partial charge in [-0.3, -0.25) is 9.59 Å². The van der Waals surface area contributed by atoms with Gasteiger partial charge in [0, 0.05) is 19.0 Å². The largest absolute Gasteiger partial charge is 0.497 e. The van der Waals surface area contributed by atoms with Crippen LogP contribution in [0.2, 0.25) is 0 Å². The Balaban J connectivity index is 1.44. The van der Waals surface area contributed by atoms with Crippen LogP contribution >= 0.6 is 0 Å². The lowest BCUT2D eigenvalue weighted by Crippen LogP contribution is -2.36. The molecule has 0 heterocycles. The Labute approximate surface area is 155 Å². The number of carbonyl (C=O) groups excluding carboxylic acids is 2. The maximum Gasteiger partial charge on any atom is 0.306 e.